The number of anilines is 1. The summed E-state index contributed by atoms with van der Waals surface area (Å²) in [6, 6.07) is 3.92. The second kappa shape index (κ2) is 9.36. The average Bonchev–Trinajstić information content (AvgIpc) is 2.99. The van der Waals surface area contributed by atoms with E-state index in [0.29, 0.717) is 22.3 Å². The zero-order chi connectivity index (χ0) is 21.8. The molecular formula is C20H20ClFN4O3S. The van der Waals surface area contributed by atoms with Crippen LogP contribution in [0.2, 0.25) is 5.02 Å². The number of hydrogen-bond acceptors (Lipinski definition) is 5. The maximum atomic E-state index is 13.1. The number of hydrogen-bond donors (Lipinski definition) is 2. The van der Waals surface area contributed by atoms with Crippen LogP contribution in [0.25, 0.3) is 10.2 Å². The van der Waals surface area contributed by atoms with E-state index in [9.17, 15) is 18.8 Å². The van der Waals surface area contributed by atoms with Gasteiger partial charge in [0.2, 0.25) is 11.8 Å². The number of amides is 2. The molecule has 0 saturated carbocycles. The summed E-state index contributed by atoms with van der Waals surface area (Å²) in [5, 5.41) is 5.78. The first-order valence-electron chi connectivity index (χ1n) is 9.23. The molecule has 0 aliphatic carbocycles. The lowest BCUT2D eigenvalue weighted by Gasteiger charge is -2.08. The van der Waals surface area contributed by atoms with Gasteiger partial charge in [-0.1, -0.05) is 11.6 Å². The second-order valence-electron chi connectivity index (χ2n) is 6.77. The van der Waals surface area contributed by atoms with Gasteiger partial charge < -0.3 is 10.6 Å². The van der Waals surface area contributed by atoms with E-state index >= 15 is 0 Å². The zero-order valence-electron chi connectivity index (χ0n) is 16.4. The predicted molar refractivity (Wildman–Crippen MR) is 116 cm³/mol. The molecule has 2 aromatic heterocycles. The molecule has 0 unspecified atom stereocenters. The smallest absolute Gasteiger partial charge is 0.262 e. The number of nitrogens with zero attached hydrogens (tertiary/aromatic N) is 2. The summed E-state index contributed by atoms with van der Waals surface area (Å²) >= 11 is 7.13. The minimum Gasteiger partial charge on any atom is -0.355 e. The van der Waals surface area contributed by atoms with Crippen LogP contribution in [0.5, 0.6) is 0 Å². The predicted octanol–water partition coefficient (Wildman–Crippen LogP) is 3.40. The summed E-state index contributed by atoms with van der Waals surface area (Å²) < 4.78 is 14.4. The van der Waals surface area contributed by atoms with Crippen LogP contribution in [0, 0.1) is 19.7 Å². The number of rotatable bonds is 7. The minimum atomic E-state index is -0.560. The summed E-state index contributed by atoms with van der Waals surface area (Å²) in [5.74, 6) is -1.18. The Morgan fingerprint density at radius 2 is 2.03 bits per heavy atom. The Hall–Kier alpha value is -2.78. The molecule has 2 N–H and O–H groups in total. The third-order valence-electron chi connectivity index (χ3n) is 4.58. The van der Waals surface area contributed by atoms with Crippen molar-refractivity contribution in [2.75, 3.05) is 11.9 Å². The molecule has 2 heterocycles. The van der Waals surface area contributed by atoms with Gasteiger partial charge in [0.05, 0.1) is 16.7 Å². The van der Waals surface area contributed by atoms with Gasteiger partial charge in [0.25, 0.3) is 5.56 Å². The van der Waals surface area contributed by atoms with Gasteiger partial charge in [0, 0.05) is 23.5 Å². The summed E-state index contributed by atoms with van der Waals surface area (Å²) in [7, 11) is 0. The van der Waals surface area contributed by atoms with Crippen LogP contribution in [-0.4, -0.2) is 27.9 Å². The maximum absolute atomic E-state index is 13.1. The van der Waals surface area contributed by atoms with Crippen molar-refractivity contribution in [2.24, 2.45) is 0 Å². The molecule has 158 valence electrons. The van der Waals surface area contributed by atoms with Crippen molar-refractivity contribution in [3.8, 4) is 0 Å². The number of nitrogens with one attached hydrogen (secondary N) is 2. The minimum absolute atomic E-state index is 0.0733. The fraction of sp³-hybridized carbons (Fsp3) is 0.300. The van der Waals surface area contributed by atoms with E-state index in [1.54, 1.807) is 0 Å². The molecule has 2 amide bonds. The second-order valence-corrected chi connectivity index (χ2v) is 8.38. The zero-order valence-corrected chi connectivity index (χ0v) is 18.0. The molecule has 0 aliphatic rings. The first kappa shape index (κ1) is 21.9. The number of halogens is 2. The fourth-order valence-electron chi connectivity index (χ4n) is 2.87. The van der Waals surface area contributed by atoms with Crippen LogP contribution in [0.1, 0.15) is 23.3 Å². The van der Waals surface area contributed by atoms with Gasteiger partial charge in [-0.05, 0) is 44.0 Å². The fourth-order valence-corrected chi connectivity index (χ4v) is 4.04. The highest BCUT2D eigenvalue weighted by atomic mass is 35.5. The molecule has 10 heteroatoms. The van der Waals surface area contributed by atoms with Gasteiger partial charge in [0.1, 0.15) is 17.2 Å². The van der Waals surface area contributed by atoms with Crippen LogP contribution in [0.4, 0.5) is 10.1 Å². The Bertz CT molecular complexity index is 1170. The van der Waals surface area contributed by atoms with E-state index in [2.05, 4.69) is 15.6 Å². The molecule has 3 rings (SSSR count). The van der Waals surface area contributed by atoms with Gasteiger partial charge in [0.15, 0.2) is 0 Å². The quantitative estimate of drug-likeness (QED) is 0.539. The SMILES string of the molecule is Cc1sc2ncn(CC(=O)NCCCC(=O)Nc3ccc(F)c(Cl)c3)c(=O)c2c1C. The normalized spacial score (nSPS) is 10.9. The lowest BCUT2D eigenvalue weighted by Crippen LogP contribution is -2.33. The lowest BCUT2D eigenvalue weighted by atomic mass is 10.2. The molecule has 0 atom stereocenters. The summed E-state index contributed by atoms with van der Waals surface area (Å²) in [5.41, 5.74) is 1.04. The highest BCUT2D eigenvalue weighted by Crippen LogP contribution is 2.25. The van der Waals surface area contributed by atoms with Crippen LogP contribution in [-0.2, 0) is 16.1 Å². The van der Waals surface area contributed by atoms with Crippen LogP contribution >= 0.6 is 22.9 Å². The Labute approximate surface area is 180 Å². The molecule has 0 aliphatic heterocycles. The molecule has 7 nitrogen and oxygen atoms in total. The van der Waals surface area contributed by atoms with Crippen molar-refractivity contribution in [2.45, 2.75) is 33.2 Å². The van der Waals surface area contributed by atoms with Crippen LogP contribution in [0.15, 0.2) is 29.3 Å². The van der Waals surface area contributed by atoms with Crippen molar-refractivity contribution < 1.29 is 14.0 Å². The molecule has 0 saturated heterocycles. The van der Waals surface area contributed by atoms with Crippen molar-refractivity contribution >= 4 is 50.7 Å². The van der Waals surface area contributed by atoms with E-state index in [4.69, 9.17) is 11.6 Å². The summed E-state index contributed by atoms with van der Waals surface area (Å²) in [4.78, 5) is 42.6. The number of aromatic nitrogens is 2. The molecule has 3 aromatic rings. The molecular weight excluding hydrogens is 431 g/mol. The van der Waals surface area contributed by atoms with Gasteiger partial charge in [-0.15, -0.1) is 11.3 Å². The molecule has 0 fully saturated rings. The van der Waals surface area contributed by atoms with Crippen molar-refractivity contribution in [3.63, 3.8) is 0 Å². The number of aryl methyl sites for hydroxylation is 2. The molecule has 1 aromatic carbocycles. The van der Waals surface area contributed by atoms with Crippen LogP contribution < -0.4 is 16.2 Å². The Morgan fingerprint density at radius 1 is 1.27 bits per heavy atom. The van der Waals surface area contributed by atoms with Gasteiger partial charge in [-0.2, -0.15) is 0 Å². The lowest BCUT2D eigenvalue weighted by molar-refractivity contribution is -0.122. The van der Waals surface area contributed by atoms with Crippen molar-refractivity contribution in [1.82, 2.24) is 14.9 Å². The summed E-state index contributed by atoms with van der Waals surface area (Å²) in [6.45, 7) is 3.93. The van der Waals surface area contributed by atoms with Gasteiger partial charge in [-0.3, -0.25) is 19.0 Å². The summed E-state index contributed by atoms with van der Waals surface area (Å²) in [6.07, 6.45) is 1.94. The molecule has 0 bridgehead atoms. The number of carbonyl (C=O) groups excluding carboxylic acids is 2. The Morgan fingerprint density at radius 3 is 2.77 bits per heavy atom. The first-order valence-corrected chi connectivity index (χ1v) is 10.4. The third-order valence-corrected chi connectivity index (χ3v) is 5.98. The van der Waals surface area contributed by atoms with E-state index in [1.165, 1.54) is 40.4 Å². The van der Waals surface area contributed by atoms with E-state index in [0.717, 1.165) is 10.4 Å². The number of fused-ring (bicyclic) bond motifs is 1. The average molecular weight is 451 g/mol. The van der Waals surface area contributed by atoms with E-state index in [-0.39, 0.29) is 41.9 Å². The first-order chi connectivity index (χ1) is 14.3. The number of benzene rings is 1. The molecule has 0 spiro atoms. The van der Waals surface area contributed by atoms with Crippen molar-refractivity contribution in [3.05, 3.63) is 56.2 Å². The monoisotopic (exact) mass is 450 g/mol. The van der Waals surface area contributed by atoms with Gasteiger partial charge in [-0.25, -0.2) is 9.37 Å². The Balaban J connectivity index is 1.47. The highest BCUT2D eigenvalue weighted by molar-refractivity contribution is 7.18. The highest BCUT2D eigenvalue weighted by Gasteiger charge is 2.13. The third kappa shape index (κ3) is 5.03. The van der Waals surface area contributed by atoms with Crippen molar-refractivity contribution in [1.29, 1.82) is 0 Å². The standard InChI is InChI=1S/C20H20ClFN4O3S/c1-11-12(2)30-19-18(11)20(29)26(10-24-19)9-17(28)23-7-3-4-16(27)25-13-5-6-15(22)14(21)8-13/h5-6,8,10H,3-4,7,9H2,1-2H3,(H,23,28)(H,25,27). The number of thiophene rings is 1. The Kier molecular flexibility index (Phi) is 6.84. The van der Waals surface area contributed by atoms with Crippen LogP contribution in [0.3, 0.4) is 0 Å². The number of carbonyl (C=O) groups is 2. The van der Waals surface area contributed by atoms with E-state index < -0.39 is 5.82 Å². The van der Waals surface area contributed by atoms with E-state index in [1.807, 2.05) is 13.8 Å². The molecule has 30 heavy (non-hydrogen) atoms. The topological polar surface area (TPSA) is 93.1 Å². The van der Waals surface area contributed by atoms with Gasteiger partial charge >= 0.3 is 0 Å². The molecule has 0 radical (unpaired) electrons. The maximum Gasteiger partial charge on any atom is 0.262 e. The largest absolute Gasteiger partial charge is 0.355 e.